The molecule has 31 heavy (non-hydrogen) atoms. The summed E-state index contributed by atoms with van der Waals surface area (Å²) in [5, 5.41) is 3.60. The van der Waals surface area contributed by atoms with E-state index in [-0.39, 0.29) is 17.0 Å². The maximum atomic E-state index is 13.0. The molecule has 1 aromatic carbocycles. The minimum atomic E-state index is -4.87. The van der Waals surface area contributed by atoms with Crippen LogP contribution in [0.3, 0.4) is 0 Å². The van der Waals surface area contributed by atoms with E-state index in [1.807, 2.05) is 4.98 Å². The maximum absolute atomic E-state index is 13.0. The molecule has 2 N–H and O–H groups in total. The fourth-order valence-electron chi connectivity index (χ4n) is 3.55. The molecule has 0 amide bonds. The summed E-state index contributed by atoms with van der Waals surface area (Å²) in [4.78, 5) is 28.2. The summed E-state index contributed by atoms with van der Waals surface area (Å²) in [6.45, 7) is 0. The molecule has 2 heterocycles. The van der Waals surface area contributed by atoms with Gasteiger partial charge in [-0.3, -0.25) is 14.8 Å². The molecule has 13 heteroatoms. The van der Waals surface area contributed by atoms with Crippen molar-refractivity contribution in [1.82, 2.24) is 19.7 Å². The Hall–Kier alpha value is -3.25. The van der Waals surface area contributed by atoms with Crippen LogP contribution in [0.2, 0.25) is 0 Å². The zero-order valence-electron chi connectivity index (χ0n) is 15.5. The monoisotopic (exact) mass is 448 g/mol. The van der Waals surface area contributed by atoms with E-state index in [0.717, 1.165) is 16.8 Å². The number of benzene rings is 1. The molecule has 0 aliphatic heterocycles. The number of aromatic nitrogens is 4. The number of ether oxygens (including phenoxy) is 1. The van der Waals surface area contributed by atoms with E-state index in [4.69, 9.17) is 0 Å². The van der Waals surface area contributed by atoms with Crippen LogP contribution in [-0.4, -0.2) is 32.3 Å². The lowest BCUT2D eigenvalue weighted by atomic mass is 10.0. The summed E-state index contributed by atoms with van der Waals surface area (Å²) >= 11 is 0. The van der Waals surface area contributed by atoms with Gasteiger partial charge < -0.3 is 4.74 Å². The Morgan fingerprint density at radius 3 is 2.26 bits per heavy atom. The Balaban J connectivity index is 1.83. The number of aromatic amines is 2. The number of nitrogens with one attached hydrogen (secondary N) is 2. The normalized spacial score (nSPS) is 15.9. The van der Waals surface area contributed by atoms with Crippen molar-refractivity contribution < 1.29 is 31.1 Å². The van der Waals surface area contributed by atoms with E-state index < -0.39 is 47.7 Å². The predicted molar refractivity (Wildman–Crippen MR) is 94.7 cm³/mol. The second-order valence-electron chi connectivity index (χ2n) is 7.21. The van der Waals surface area contributed by atoms with Crippen molar-refractivity contribution in [1.29, 1.82) is 0 Å². The number of hydrogen-bond donors (Lipinski definition) is 2. The predicted octanol–water partition coefficient (Wildman–Crippen LogP) is 3.42. The van der Waals surface area contributed by atoms with Crippen LogP contribution < -0.4 is 16.0 Å². The highest BCUT2D eigenvalue weighted by Gasteiger charge is 2.38. The minimum absolute atomic E-state index is 0.0842. The topological polar surface area (TPSA) is 92.8 Å². The zero-order chi connectivity index (χ0) is 22.6. The molecular formula is C18H14F6N4O3. The van der Waals surface area contributed by atoms with Gasteiger partial charge in [0.2, 0.25) is 0 Å². The molecule has 1 aliphatic carbocycles. The second-order valence-corrected chi connectivity index (χ2v) is 7.21. The van der Waals surface area contributed by atoms with Crippen molar-refractivity contribution in [2.24, 2.45) is 5.92 Å². The van der Waals surface area contributed by atoms with Gasteiger partial charge >= 0.3 is 18.2 Å². The Kier molecular flexibility index (Phi) is 4.85. The lowest BCUT2D eigenvalue weighted by Crippen LogP contribution is -2.24. The largest absolute Gasteiger partial charge is 0.573 e. The first-order valence-corrected chi connectivity index (χ1v) is 9.07. The highest BCUT2D eigenvalue weighted by Crippen LogP contribution is 2.44. The van der Waals surface area contributed by atoms with E-state index in [2.05, 4.69) is 14.8 Å². The van der Waals surface area contributed by atoms with Gasteiger partial charge in [-0.1, -0.05) is 12.1 Å². The summed E-state index contributed by atoms with van der Waals surface area (Å²) < 4.78 is 81.2. The summed E-state index contributed by atoms with van der Waals surface area (Å²) in [5.74, 6) is -0.544. The van der Waals surface area contributed by atoms with Crippen molar-refractivity contribution in [2.45, 2.75) is 37.8 Å². The van der Waals surface area contributed by atoms with E-state index in [1.54, 1.807) is 0 Å². The van der Waals surface area contributed by atoms with Crippen molar-refractivity contribution in [3.63, 3.8) is 0 Å². The smallest absolute Gasteiger partial charge is 0.406 e. The van der Waals surface area contributed by atoms with Crippen LogP contribution in [-0.2, 0) is 6.42 Å². The molecule has 166 valence electrons. The Labute approximate surface area is 168 Å². The van der Waals surface area contributed by atoms with E-state index in [0.29, 0.717) is 18.4 Å². The van der Waals surface area contributed by atoms with Crippen molar-refractivity contribution >= 4 is 11.0 Å². The van der Waals surface area contributed by atoms with Gasteiger partial charge in [-0.25, -0.2) is 9.48 Å². The third-order valence-corrected chi connectivity index (χ3v) is 4.82. The number of rotatable bonds is 5. The molecule has 2 aromatic heterocycles. The zero-order valence-corrected chi connectivity index (χ0v) is 15.5. The van der Waals surface area contributed by atoms with Gasteiger partial charge in [0.1, 0.15) is 16.8 Å². The standard InChI is InChI=1S/C18H14F6N4O3/c19-17(20,21)7-11-12-14(25-16(30)26-15(12)29)28(27-11)13(8-1-2-8)9-3-5-10(6-4-9)31-18(22,23)24/h3-6,8,13H,1-2,7H2,(H2,25,26,29,30)/t13-/m0/s1. The molecule has 1 atom stereocenters. The first-order chi connectivity index (χ1) is 14.4. The molecule has 7 nitrogen and oxygen atoms in total. The van der Waals surface area contributed by atoms with E-state index in [9.17, 15) is 35.9 Å². The Morgan fingerprint density at radius 1 is 1.06 bits per heavy atom. The van der Waals surface area contributed by atoms with Gasteiger partial charge in [-0.2, -0.15) is 18.3 Å². The number of halogens is 6. The molecule has 1 fully saturated rings. The highest BCUT2D eigenvalue weighted by molar-refractivity contribution is 5.77. The average molecular weight is 448 g/mol. The van der Waals surface area contributed by atoms with Gasteiger partial charge in [0.05, 0.1) is 18.2 Å². The van der Waals surface area contributed by atoms with Gasteiger partial charge in [-0.05, 0) is 36.5 Å². The highest BCUT2D eigenvalue weighted by atomic mass is 19.4. The van der Waals surface area contributed by atoms with Crippen LogP contribution >= 0.6 is 0 Å². The van der Waals surface area contributed by atoms with E-state index in [1.165, 1.54) is 12.1 Å². The Bertz CT molecular complexity index is 1220. The molecule has 0 bridgehead atoms. The first-order valence-electron chi connectivity index (χ1n) is 9.07. The molecule has 1 saturated carbocycles. The molecule has 3 aromatic rings. The van der Waals surface area contributed by atoms with Crippen LogP contribution in [0.25, 0.3) is 11.0 Å². The molecule has 1 aliphatic rings. The molecular weight excluding hydrogens is 434 g/mol. The lowest BCUT2D eigenvalue weighted by molar-refractivity contribution is -0.274. The molecule has 0 saturated heterocycles. The van der Waals surface area contributed by atoms with Gasteiger partial charge in [0.25, 0.3) is 5.56 Å². The number of nitrogens with zero attached hydrogens (tertiary/aromatic N) is 2. The van der Waals surface area contributed by atoms with E-state index >= 15 is 0 Å². The van der Waals surface area contributed by atoms with Crippen molar-refractivity contribution in [2.75, 3.05) is 0 Å². The van der Waals surface area contributed by atoms with Crippen molar-refractivity contribution in [3.05, 3.63) is 56.4 Å². The lowest BCUT2D eigenvalue weighted by Gasteiger charge is -2.19. The molecule has 0 spiro atoms. The fourth-order valence-corrected chi connectivity index (χ4v) is 3.55. The van der Waals surface area contributed by atoms with Gasteiger partial charge in [-0.15, -0.1) is 13.2 Å². The summed E-state index contributed by atoms with van der Waals surface area (Å²) in [6, 6.07) is 4.15. The summed E-state index contributed by atoms with van der Waals surface area (Å²) in [7, 11) is 0. The fraction of sp³-hybridized carbons (Fsp3) is 0.389. The van der Waals surface area contributed by atoms with Crippen molar-refractivity contribution in [3.8, 4) is 5.75 Å². The summed E-state index contributed by atoms with van der Waals surface area (Å²) in [5.41, 5.74) is -2.21. The van der Waals surface area contributed by atoms with Crippen LogP contribution in [0.1, 0.15) is 30.1 Å². The van der Waals surface area contributed by atoms with Crippen LogP contribution in [0.5, 0.6) is 5.75 Å². The number of alkyl halides is 6. The first kappa shape index (κ1) is 21.0. The number of fused-ring (bicyclic) bond motifs is 1. The van der Waals surface area contributed by atoms with Crippen LogP contribution in [0.4, 0.5) is 26.3 Å². The average Bonchev–Trinajstić information content (AvgIpc) is 3.38. The quantitative estimate of drug-likeness (QED) is 0.585. The molecule has 0 unspecified atom stereocenters. The summed E-state index contributed by atoms with van der Waals surface area (Å²) in [6.07, 6.45) is -9.63. The van der Waals surface area contributed by atoms with Gasteiger partial charge in [0.15, 0.2) is 0 Å². The molecule has 4 rings (SSSR count). The third-order valence-electron chi connectivity index (χ3n) is 4.82. The minimum Gasteiger partial charge on any atom is -0.406 e. The van der Waals surface area contributed by atoms with Gasteiger partial charge in [0, 0.05) is 0 Å². The molecule has 0 radical (unpaired) electrons. The Morgan fingerprint density at radius 2 is 1.71 bits per heavy atom. The SMILES string of the molecule is O=c1[nH]c(=O)c2c(CC(F)(F)F)nn([C@H](c3ccc(OC(F)(F)F)cc3)C3CC3)c2[nH]1. The third kappa shape index (κ3) is 4.59. The number of H-pyrrole nitrogens is 2. The number of hydrogen-bond acceptors (Lipinski definition) is 4. The maximum Gasteiger partial charge on any atom is 0.573 e. The second kappa shape index (κ2) is 7.17. The van der Waals surface area contributed by atoms with Crippen LogP contribution in [0.15, 0.2) is 33.9 Å². The van der Waals surface area contributed by atoms with Crippen LogP contribution in [0, 0.1) is 5.92 Å².